The van der Waals surface area contributed by atoms with E-state index in [4.69, 9.17) is 4.74 Å². The number of benzene rings is 1. The minimum Gasteiger partial charge on any atom is -0.497 e. The third-order valence-corrected chi connectivity index (χ3v) is 7.70. The Balaban J connectivity index is 1.39. The van der Waals surface area contributed by atoms with Gasteiger partial charge in [0.05, 0.1) is 19.1 Å². The summed E-state index contributed by atoms with van der Waals surface area (Å²) in [7, 11) is 1.70. The van der Waals surface area contributed by atoms with Crippen LogP contribution < -0.4 is 10.1 Å². The Bertz CT molecular complexity index is 750. The highest BCUT2D eigenvalue weighted by atomic mass is 16.5. The Morgan fingerprint density at radius 2 is 1.74 bits per heavy atom. The lowest BCUT2D eigenvalue weighted by atomic mass is 9.42. The van der Waals surface area contributed by atoms with Crippen molar-refractivity contribution in [3.63, 3.8) is 0 Å². The summed E-state index contributed by atoms with van der Waals surface area (Å²) in [6.45, 7) is 0.232. The van der Waals surface area contributed by atoms with Gasteiger partial charge in [-0.25, -0.2) is 0 Å². The predicted octanol–water partition coefficient (Wildman–Crippen LogP) is 3.63. The van der Waals surface area contributed by atoms with Gasteiger partial charge >= 0.3 is 0 Å². The molecule has 0 radical (unpaired) electrons. The molecule has 0 heterocycles. The van der Waals surface area contributed by atoms with Crippen LogP contribution in [0.15, 0.2) is 24.3 Å². The second kappa shape index (κ2) is 6.08. The summed E-state index contributed by atoms with van der Waals surface area (Å²) in [4.78, 5) is 25.3. The quantitative estimate of drug-likeness (QED) is 0.835. The lowest BCUT2D eigenvalue weighted by Crippen LogP contribution is -2.59. The second-order valence-corrected chi connectivity index (χ2v) is 9.67. The molecular formula is C23H29NO3. The van der Waals surface area contributed by atoms with Crippen LogP contribution in [0.5, 0.6) is 5.75 Å². The summed E-state index contributed by atoms with van der Waals surface area (Å²) in [6, 6.07) is 8.51. The standard InChI is InChI=1S/C23H29NO3/c1-27-19-6-4-18(5-7-19)22-9-15-8-16(10-22)12-23(11-15,14-22)21(26)24-13-20(25)17-2-3-17/h4-7,15-17H,2-3,8-14H2,1H3,(H,24,26). The van der Waals surface area contributed by atoms with Crippen molar-refractivity contribution in [2.75, 3.05) is 13.7 Å². The van der Waals surface area contributed by atoms with Crippen molar-refractivity contribution < 1.29 is 14.3 Å². The van der Waals surface area contributed by atoms with Crippen molar-refractivity contribution in [1.82, 2.24) is 5.32 Å². The average molecular weight is 367 g/mol. The van der Waals surface area contributed by atoms with Crippen LogP contribution in [0.1, 0.15) is 56.9 Å². The summed E-state index contributed by atoms with van der Waals surface area (Å²) < 4.78 is 5.33. The second-order valence-electron chi connectivity index (χ2n) is 9.67. The Morgan fingerprint density at radius 3 is 2.33 bits per heavy atom. The number of ether oxygens (including phenoxy) is 1. The Hall–Kier alpha value is -1.84. The van der Waals surface area contributed by atoms with Crippen molar-refractivity contribution in [3.05, 3.63) is 29.8 Å². The zero-order valence-electron chi connectivity index (χ0n) is 16.1. The monoisotopic (exact) mass is 367 g/mol. The molecule has 144 valence electrons. The average Bonchev–Trinajstić information content (AvgIpc) is 3.50. The number of amides is 1. The van der Waals surface area contributed by atoms with Crippen LogP contribution in [-0.4, -0.2) is 25.3 Å². The summed E-state index contributed by atoms with van der Waals surface area (Å²) in [5, 5.41) is 3.04. The van der Waals surface area contributed by atoms with Gasteiger partial charge in [0.15, 0.2) is 5.78 Å². The van der Waals surface area contributed by atoms with Crippen LogP contribution in [0.3, 0.4) is 0 Å². The summed E-state index contributed by atoms with van der Waals surface area (Å²) >= 11 is 0. The van der Waals surface area contributed by atoms with E-state index < -0.39 is 0 Å². The lowest BCUT2D eigenvalue weighted by molar-refractivity contribution is -0.149. The first-order chi connectivity index (χ1) is 13.0. The first-order valence-corrected chi connectivity index (χ1v) is 10.5. The Kier molecular flexibility index (Phi) is 3.89. The molecule has 5 aliphatic carbocycles. The van der Waals surface area contributed by atoms with Gasteiger partial charge in [0.2, 0.25) is 5.91 Å². The number of rotatable bonds is 6. The van der Waals surface area contributed by atoms with Crippen LogP contribution in [0.4, 0.5) is 0 Å². The van der Waals surface area contributed by atoms with Crippen LogP contribution in [-0.2, 0) is 15.0 Å². The molecule has 0 spiro atoms. The predicted molar refractivity (Wildman–Crippen MR) is 103 cm³/mol. The van der Waals surface area contributed by atoms with Gasteiger partial charge in [0.1, 0.15) is 5.75 Å². The van der Waals surface area contributed by atoms with E-state index in [-0.39, 0.29) is 35.0 Å². The number of Topliss-reactive ketones (excluding diaryl/α,β-unsaturated/α-hetero) is 1. The van der Waals surface area contributed by atoms with Crippen LogP contribution in [0.2, 0.25) is 0 Å². The van der Waals surface area contributed by atoms with E-state index in [2.05, 4.69) is 29.6 Å². The number of nitrogens with one attached hydrogen (secondary N) is 1. The molecule has 1 N–H and O–H groups in total. The van der Waals surface area contributed by atoms with E-state index in [1.165, 1.54) is 24.8 Å². The van der Waals surface area contributed by atoms with Crippen molar-refractivity contribution >= 4 is 11.7 Å². The molecule has 0 aromatic heterocycles. The van der Waals surface area contributed by atoms with Gasteiger partial charge in [0.25, 0.3) is 0 Å². The van der Waals surface area contributed by atoms with Gasteiger partial charge < -0.3 is 10.1 Å². The molecule has 4 bridgehead atoms. The van der Waals surface area contributed by atoms with Gasteiger partial charge in [-0.1, -0.05) is 12.1 Å². The fourth-order valence-corrected chi connectivity index (χ4v) is 6.72. The summed E-state index contributed by atoms with van der Waals surface area (Å²) in [5.74, 6) is 2.74. The van der Waals surface area contributed by atoms with E-state index >= 15 is 0 Å². The van der Waals surface area contributed by atoms with Crippen molar-refractivity contribution in [3.8, 4) is 5.75 Å². The summed E-state index contributed by atoms with van der Waals surface area (Å²) in [5.41, 5.74) is 1.21. The van der Waals surface area contributed by atoms with Gasteiger partial charge in [0, 0.05) is 5.92 Å². The molecule has 27 heavy (non-hydrogen) atoms. The molecule has 4 nitrogen and oxygen atoms in total. The maximum Gasteiger partial charge on any atom is 0.226 e. The van der Waals surface area contributed by atoms with E-state index in [0.717, 1.165) is 37.9 Å². The molecule has 2 atom stereocenters. The normalized spacial score (nSPS) is 36.5. The number of carbonyl (C=O) groups excluding carboxylic acids is 2. The van der Waals surface area contributed by atoms with E-state index in [0.29, 0.717) is 11.8 Å². The van der Waals surface area contributed by atoms with Crippen molar-refractivity contribution in [2.45, 2.75) is 56.8 Å². The van der Waals surface area contributed by atoms with Crippen molar-refractivity contribution in [2.24, 2.45) is 23.2 Å². The third-order valence-electron chi connectivity index (χ3n) is 7.70. The number of carbonyl (C=O) groups is 2. The minimum atomic E-state index is -0.270. The summed E-state index contributed by atoms with van der Waals surface area (Å²) in [6.07, 6.45) is 8.62. The van der Waals surface area contributed by atoms with Crippen LogP contribution in [0, 0.1) is 23.2 Å². The molecule has 6 rings (SSSR count). The highest BCUT2D eigenvalue weighted by Crippen LogP contribution is 2.65. The Morgan fingerprint density at radius 1 is 1.07 bits per heavy atom. The Labute approximate surface area is 161 Å². The molecule has 5 aliphatic rings. The number of methoxy groups -OCH3 is 1. The number of hydrogen-bond donors (Lipinski definition) is 1. The highest BCUT2D eigenvalue weighted by molar-refractivity contribution is 5.91. The largest absolute Gasteiger partial charge is 0.497 e. The zero-order chi connectivity index (χ0) is 18.6. The third kappa shape index (κ3) is 2.88. The van der Waals surface area contributed by atoms with Gasteiger partial charge in [-0.15, -0.1) is 0 Å². The lowest BCUT2D eigenvalue weighted by Gasteiger charge is -2.61. The number of hydrogen-bond acceptors (Lipinski definition) is 3. The van der Waals surface area contributed by atoms with Crippen LogP contribution >= 0.6 is 0 Å². The molecular weight excluding hydrogens is 338 g/mol. The van der Waals surface area contributed by atoms with E-state index in [1.807, 2.05) is 0 Å². The van der Waals surface area contributed by atoms with Gasteiger partial charge in [-0.3, -0.25) is 9.59 Å². The van der Waals surface area contributed by atoms with Gasteiger partial charge in [-0.05, 0) is 86.3 Å². The molecule has 0 saturated heterocycles. The van der Waals surface area contributed by atoms with Crippen molar-refractivity contribution in [1.29, 1.82) is 0 Å². The van der Waals surface area contributed by atoms with Crippen LogP contribution in [0.25, 0.3) is 0 Å². The smallest absolute Gasteiger partial charge is 0.226 e. The molecule has 1 aromatic carbocycles. The first kappa shape index (κ1) is 17.3. The molecule has 1 aromatic rings. The topological polar surface area (TPSA) is 55.4 Å². The van der Waals surface area contributed by atoms with E-state index in [1.54, 1.807) is 7.11 Å². The molecule has 1 amide bonds. The zero-order valence-corrected chi connectivity index (χ0v) is 16.1. The maximum absolute atomic E-state index is 13.2. The molecule has 5 saturated carbocycles. The van der Waals surface area contributed by atoms with E-state index in [9.17, 15) is 9.59 Å². The number of ketones is 1. The molecule has 5 fully saturated rings. The first-order valence-electron chi connectivity index (χ1n) is 10.5. The van der Waals surface area contributed by atoms with Gasteiger partial charge in [-0.2, -0.15) is 0 Å². The fourth-order valence-electron chi connectivity index (χ4n) is 6.72. The molecule has 0 aliphatic heterocycles. The molecule has 2 unspecified atom stereocenters. The fraction of sp³-hybridized carbons (Fsp3) is 0.652. The highest BCUT2D eigenvalue weighted by Gasteiger charge is 2.60. The SMILES string of the molecule is COc1ccc(C23CC4CC(CC(C(=O)NCC(=O)C5CC5)(C4)C2)C3)cc1. The maximum atomic E-state index is 13.2. The minimum absolute atomic E-state index is 0.119. The molecule has 4 heteroatoms.